The van der Waals surface area contributed by atoms with Crippen LogP contribution in [-0.4, -0.2) is 76.3 Å². The van der Waals surface area contributed by atoms with Crippen molar-refractivity contribution in [1.82, 2.24) is 9.88 Å². The third kappa shape index (κ3) is 8.99. The minimum atomic E-state index is -1.50. The molecule has 3 aliphatic rings. The molecule has 6 atom stereocenters. The number of ketones is 2. The fraction of sp³-hybridized carbons (Fsp3) is 0.611. The van der Waals surface area contributed by atoms with Crippen LogP contribution in [0.5, 0.6) is 0 Å². The summed E-state index contributed by atoms with van der Waals surface area (Å²) in [6, 6.07) is 2.91. The monoisotopic (exact) mass is 636 g/mol. The van der Waals surface area contributed by atoms with Crippen LogP contribution in [-0.2, 0) is 44.6 Å². The summed E-state index contributed by atoms with van der Waals surface area (Å²) in [5, 5.41) is 0. The summed E-state index contributed by atoms with van der Waals surface area (Å²) < 4.78 is 17.5. The lowest BCUT2D eigenvalue weighted by Crippen LogP contribution is -2.55. The smallest absolute Gasteiger partial charge is 0.335 e. The van der Waals surface area contributed by atoms with Gasteiger partial charge in [0.25, 0.3) is 11.7 Å². The van der Waals surface area contributed by atoms with Gasteiger partial charge in [0.2, 0.25) is 0 Å². The fourth-order valence-electron chi connectivity index (χ4n) is 6.49. The number of esters is 2. The molecule has 2 saturated heterocycles. The summed E-state index contributed by atoms with van der Waals surface area (Å²) in [6.45, 7) is 9.64. The van der Waals surface area contributed by atoms with Crippen LogP contribution >= 0.6 is 0 Å². The van der Waals surface area contributed by atoms with Gasteiger partial charge in [-0.1, -0.05) is 32.1 Å². The van der Waals surface area contributed by atoms with Gasteiger partial charge in [0.05, 0.1) is 6.61 Å². The van der Waals surface area contributed by atoms with Gasteiger partial charge in [0.15, 0.2) is 11.9 Å². The number of aromatic nitrogens is 1. The van der Waals surface area contributed by atoms with E-state index in [0.717, 1.165) is 5.56 Å². The van der Waals surface area contributed by atoms with Crippen LogP contribution < -0.4 is 0 Å². The van der Waals surface area contributed by atoms with Gasteiger partial charge < -0.3 is 19.1 Å². The van der Waals surface area contributed by atoms with Gasteiger partial charge in [0, 0.05) is 25.4 Å². The number of amides is 1. The van der Waals surface area contributed by atoms with Crippen molar-refractivity contribution in [3.63, 3.8) is 0 Å². The number of pyridine rings is 1. The number of aryl methyl sites for hydroxylation is 1. The van der Waals surface area contributed by atoms with E-state index >= 15 is 0 Å². The summed E-state index contributed by atoms with van der Waals surface area (Å²) in [5.74, 6) is -2.91. The molecule has 250 valence electrons. The number of Topliss-reactive ketones (excluding diaryl/α,β-unsaturated/α-hetero) is 2. The van der Waals surface area contributed by atoms with E-state index in [-0.39, 0.29) is 50.0 Å². The van der Waals surface area contributed by atoms with Crippen LogP contribution in [0.2, 0.25) is 0 Å². The molecule has 46 heavy (non-hydrogen) atoms. The van der Waals surface area contributed by atoms with Gasteiger partial charge in [-0.2, -0.15) is 0 Å². The average molecular weight is 637 g/mol. The second-order valence-corrected chi connectivity index (χ2v) is 13.1. The molecule has 0 aromatic carbocycles. The molecule has 0 aliphatic carbocycles. The maximum absolute atomic E-state index is 13.8. The Morgan fingerprint density at radius 3 is 2.61 bits per heavy atom. The van der Waals surface area contributed by atoms with Crippen LogP contribution in [0.4, 0.5) is 0 Å². The molecule has 1 aromatic heterocycles. The van der Waals surface area contributed by atoms with E-state index in [1.807, 2.05) is 32.1 Å². The molecule has 1 aromatic rings. The summed E-state index contributed by atoms with van der Waals surface area (Å²) in [5.41, 5.74) is 0.155. The number of allylic oxidation sites excluding steroid dienone is 3. The highest BCUT2D eigenvalue weighted by Crippen LogP contribution is 2.33. The maximum atomic E-state index is 13.8. The number of rotatable bonds is 5. The van der Waals surface area contributed by atoms with Crippen LogP contribution in [0.3, 0.4) is 0 Å². The van der Waals surface area contributed by atoms with E-state index in [9.17, 15) is 24.0 Å². The third-order valence-electron chi connectivity index (χ3n) is 9.45. The van der Waals surface area contributed by atoms with E-state index in [1.165, 1.54) is 11.8 Å². The van der Waals surface area contributed by atoms with Crippen molar-refractivity contribution in [2.24, 2.45) is 11.8 Å². The van der Waals surface area contributed by atoms with Crippen molar-refractivity contribution in [2.45, 2.75) is 115 Å². The third-order valence-corrected chi connectivity index (χ3v) is 9.45. The maximum Gasteiger partial charge on any atom is 0.335 e. The van der Waals surface area contributed by atoms with E-state index < -0.39 is 47.5 Å². The van der Waals surface area contributed by atoms with E-state index in [1.54, 1.807) is 18.5 Å². The van der Waals surface area contributed by atoms with Gasteiger partial charge in [-0.05, 0) is 100 Å². The molecular weight excluding hydrogens is 588 g/mol. The molecule has 0 N–H and O–H groups in total. The first-order valence-electron chi connectivity index (χ1n) is 16.7. The van der Waals surface area contributed by atoms with Crippen molar-refractivity contribution in [2.75, 3.05) is 13.2 Å². The predicted octanol–water partition coefficient (Wildman–Crippen LogP) is 4.88. The van der Waals surface area contributed by atoms with Crippen molar-refractivity contribution in [3.8, 4) is 0 Å². The van der Waals surface area contributed by atoms with Gasteiger partial charge in [-0.3, -0.25) is 19.4 Å². The SMILES string of the molecule is C=CCC1=CC(C)CCOC(=O)[C@@H]2CC[C@@](C)(O2)C(=O)C(=O)N2CCCC[C@H]2C(=O)OC(CCc2cccnc2)[C@H](C)CCC1=O. The fourth-order valence-corrected chi connectivity index (χ4v) is 6.49. The highest BCUT2D eigenvalue weighted by molar-refractivity contribution is 6.39. The molecule has 2 fully saturated rings. The number of fused-ring (bicyclic) bond motifs is 3. The second kappa shape index (κ2) is 16.3. The standard InChI is InChI=1S/C36H48N2O8/c1-5-9-27-22-24(2)17-21-44-35(43)31-16-18-36(4,46-31)32(40)33(41)38-20-7-6-11-28(38)34(42)45-30(25(3)12-14-29(27)39)15-13-26-10-8-19-37-23-26/h5,8,10,19,22-25,28,30-31H,1,6-7,9,11-18,20-21H2,2-4H3/t24?,25-,28+,30?,31+,36-/m1/s1. The molecule has 1 amide bonds. The van der Waals surface area contributed by atoms with E-state index in [0.29, 0.717) is 56.9 Å². The topological polar surface area (TPSA) is 129 Å². The molecule has 3 aliphatic heterocycles. The first-order chi connectivity index (χ1) is 22.0. The molecule has 4 heterocycles. The average Bonchev–Trinajstić information content (AvgIpc) is 3.47. The van der Waals surface area contributed by atoms with Crippen molar-refractivity contribution in [1.29, 1.82) is 0 Å². The molecule has 0 spiro atoms. The van der Waals surface area contributed by atoms with Crippen molar-refractivity contribution >= 4 is 29.4 Å². The zero-order valence-electron chi connectivity index (χ0n) is 27.4. The minimum absolute atomic E-state index is 0.0000261. The number of cyclic esters (lactones) is 2. The number of hydrogen-bond acceptors (Lipinski definition) is 9. The lowest BCUT2D eigenvalue weighted by molar-refractivity contribution is -0.171. The number of ether oxygens (including phenoxy) is 3. The Bertz CT molecular complexity index is 1310. The highest BCUT2D eigenvalue weighted by Gasteiger charge is 2.50. The Kier molecular flexibility index (Phi) is 12.4. The molecular formula is C36H48N2O8. The van der Waals surface area contributed by atoms with E-state index in [4.69, 9.17) is 14.2 Å². The normalized spacial score (nSPS) is 30.8. The van der Waals surface area contributed by atoms with Crippen LogP contribution in [0, 0.1) is 11.8 Å². The molecule has 0 radical (unpaired) electrons. The zero-order valence-corrected chi connectivity index (χ0v) is 27.4. The Hall–Kier alpha value is -3.66. The van der Waals surface area contributed by atoms with Crippen LogP contribution in [0.25, 0.3) is 0 Å². The molecule has 4 rings (SSSR count). The predicted molar refractivity (Wildman–Crippen MR) is 170 cm³/mol. The summed E-state index contributed by atoms with van der Waals surface area (Å²) in [6.07, 6.45) is 10.6. The Morgan fingerprint density at radius 1 is 1.07 bits per heavy atom. The number of nitrogens with zero attached hydrogens (tertiary/aromatic N) is 2. The highest BCUT2D eigenvalue weighted by atomic mass is 16.6. The molecule has 2 unspecified atom stereocenters. The number of carbonyl (C=O) groups is 5. The largest absolute Gasteiger partial charge is 0.464 e. The summed E-state index contributed by atoms with van der Waals surface area (Å²) in [7, 11) is 0. The van der Waals surface area contributed by atoms with Crippen molar-refractivity contribution in [3.05, 3.63) is 54.4 Å². The van der Waals surface area contributed by atoms with Crippen LogP contribution in [0.15, 0.2) is 48.8 Å². The molecule has 10 heteroatoms. The minimum Gasteiger partial charge on any atom is -0.464 e. The quantitative estimate of drug-likeness (QED) is 0.252. The Balaban J connectivity index is 1.61. The summed E-state index contributed by atoms with van der Waals surface area (Å²) in [4.78, 5) is 72.7. The van der Waals surface area contributed by atoms with Gasteiger partial charge in [-0.25, -0.2) is 9.59 Å². The summed E-state index contributed by atoms with van der Waals surface area (Å²) >= 11 is 0. The van der Waals surface area contributed by atoms with Gasteiger partial charge in [-0.15, -0.1) is 6.58 Å². The number of piperidine rings is 1. The zero-order chi connectivity index (χ0) is 33.3. The van der Waals surface area contributed by atoms with Gasteiger partial charge in [0.1, 0.15) is 17.7 Å². The first kappa shape index (κ1) is 35.2. The second-order valence-electron chi connectivity index (χ2n) is 13.1. The van der Waals surface area contributed by atoms with Crippen molar-refractivity contribution < 1.29 is 38.2 Å². The molecule has 2 bridgehead atoms. The Labute approximate surface area is 271 Å². The lowest BCUT2D eigenvalue weighted by atomic mass is 9.90. The first-order valence-corrected chi connectivity index (χ1v) is 16.7. The number of carbonyl (C=O) groups excluding carboxylic acids is 5. The van der Waals surface area contributed by atoms with Crippen LogP contribution in [0.1, 0.15) is 90.5 Å². The molecule has 0 saturated carbocycles. The molecule has 10 nitrogen and oxygen atoms in total. The number of hydrogen-bond donors (Lipinski definition) is 0. The lowest BCUT2D eigenvalue weighted by Gasteiger charge is -2.36. The van der Waals surface area contributed by atoms with E-state index in [2.05, 4.69) is 11.6 Å². The van der Waals surface area contributed by atoms with Gasteiger partial charge >= 0.3 is 11.9 Å². The Morgan fingerprint density at radius 2 is 1.87 bits per heavy atom.